The van der Waals surface area contributed by atoms with Crippen molar-refractivity contribution in [1.29, 1.82) is 0 Å². The van der Waals surface area contributed by atoms with Crippen molar-refractivity contribution in [2.24, 2.45) is 5.41 Å². The number of esters is 2. The fourth-order valence-electron chi connectivity index (χ4n) is 2.54. The number of hydrogen-bond donors (Lipinski definition) is 0. The van der Waals surface area contributed by atoms with Gasteiger partial charge < -0.3 is 9.47 Å². The molecule has 23 heavy (non-hydrogen) atoms. The van der Waals surface area contributed by atoms with E-state index >= 15 is 0 Å². The Morgan fingerprint density at radius 3 is 1.74 bits per heavy atom. The SMILES string of the molecule is CCCCCCCC/C(C(=O)OC)=C(\CC(C)(C)C)C(=O)OC. The highest BCUT2D eigenvalue weighted by Gasteiger charge is 2.26. The smallest absolute Gasteiger partial charge is 0.334 e. The molecule has 0 aromatic rings. The van der Waals surface area contributed by atoms with Crippen molar-refractivity contribution in [1.82, 2.24) is 0 Å². The van der Waals surface area contributed by atoms with Crippen LogP contribution in [0.2, 0.25) is 0 Å². The summed E-state index contributed by atoms with van der Waals surface area (Å²) in [5, 5.41) is 0. The third-order valence-corrected chi connectivity index (χ3v) is 3.72. The van der Waals surface area contributed by atoms with Gasteiger partial charge in [-0.2, -0.15) is 0 Å². The van der Waals surface area contributed by atoms with Crippen LogP contribution in [0.5, 0.6) is 0 Å². The Morgan fingerprint density at radius 1 is 0.783 bits per heavy atom. The Morgan fingerprint density at radius 2 is 1.26 bits per heavy atom. The van der Waals surface area contributed by atoms with Crippen molar-refractivity contribution < 1.29 is 19.1 Å². The third-order valence-electron chi connectivity index (χ3n) is 3.72. The predicted molar refractivity (Wildman–Crippen MR) is 93.1 cm³/mol. The van der Waals surface area contributed by atoms with Gasteiger partial charge in [-0.1, -0.05) is 59.8 Å². The average molecular weight is 326 g/mol. The Kier molecular flexibility index (Phi) is 10.6. The molecule has 0 unspecified atom stereocenters. The molecule has 0 spiro atoms. The first-order valence-corrected chi connectivity index (χ1v) is 8.65. The first-order valence-electron chi connectivity index (χ1n) is 8.65. The number of methoxy groups -OCH3 is 2. The summed E-state index contributed by atoms with van der Waals surface area (Å²) in [7, 11) is 2.71. The van der Waals surface area contributed by atoms with Gasteiger partial charge in [0.05, 0.1) is 14.2 Å². The first-order chi connectivity index (χ1) is 10.8. The summed E-state index contributed by atoms with van der Waals surface area (Å²) in [6, 6.07) is 0. The summed E-state index contributed by atoms with van der Waals surface area (Å²) in [4.78, 5) is 24.3. The van der Waals surface area contributed by atoms with Crippen molar-refractivity contribution in [2.75, 3.05) is 14.2 Å². The van der Waals surface area contributed by atoms with Crippen LogP contribution in [0.4, 0.5) is 0 Å². The Labute approximate surface area is 141 Å². The Bertz CT molecular complexity index is 402. The van der Waals surface area contributed by atoms with Crippen LogP contribution in [0.3, 0.4) is 0 Å². The standard InChI is InChI=1S/C19H34O4/c1-7-8-9-10-11-12-13-15(17(20)22-5)16(18(21)23-6)14-19(2,3)4/h7-14H2,1-6H3/b16-15-. The third kappa shape index (κ3) is 9.42. The minimum atomic E-state index is -0.425. The second-order valence-electron chi connectivity index (χ2n) is 7.20. The maximum absolute atomic E-state index is 12.1. The minimum absolute atomic E-state index is 0.107. The number of ether oxygens (including phenoxy) is 2. The van der Waals surface area contributed by atoms with Crippen LogP contribution in [0.25, 0.3) is 0 Å². The molecule has 0 aliphatic heterocycles. The Balaban J connectivity index is 5.09. The second kappa shape index (κ2) is 11.3. The van der Waals surface area contributed by atoms with Gasteiger partial charge in [0.2, 0.25) is 0 Å². The van der Waals surface area contributed by atoms with Crippen molar-refractivity contribution in [2.45, 2.75) is 79.1 Å². The molecular weight excluding hydrogens is 292 g/mol. The molecule has 0 heterocycles. The van der Waals surface area contributed by atoms with Crippen LogP contribution < -0.4 is 0 Å². The lowest BCUT2D eigenvalue weighted by molar-refractivity contribution is -0.139. The topological polar surface area (TPSA) is 52.6 Å². The molecule has 0 atom stereocenters. The summed E-state index contributed by atoms with van der Waals surface area (Å²) in [6.07, 6.45) is 7.86. The quantitative estimate of drug-likeness (QED) is 0.328. The van der Waals surface area contributed by atoms with E-state index in [1.807, 2.05) is 20.8 Å². The molecule has 0 fully saturated rings. The lowest BCUT2D eigenvalue weighted by atomic mass is 9.85. The molecule has 0 N–H and O–H groups in total. The molecule has 0 saturated carbocycles. The molecule has 0 amide bonds. The van der Waals surface area contributed by atoms with E-state index in [4.69, 9.17) is 9.47 Å². The summed E-state index contributed by atoms with van der Waals surface area (Å²) < 4.78 is 9.78. The van der Waals surface area contributed by atoms with Gasteiger partial charge in [0, 0.05) is 11.1 Å². The molecule has 0 bridgehead atoms. The van der Waals surface area contributed by atoms with E-state index in [1.54, 1.807) is 0 Å². The van der Waals surface area contributed by atoms with E-state index in [-0.39, 0.29) is 5.41 Å². The zero-order valence-corrected chi connectivity index (χ0v) is 15.8. The van der Waals surface area contributed by atoms with Crippen molar-refractivity contribution >= 4 is 11.9 Å². The number of unbranched alkanes of at least 4 members (excludes halogenated alkanes) is 5. The summed E-state index contributed by atoms with van der Waals surface area (Å²) in [5.41, 5.74) is 0.828. The van der Waals surface area contributed by atoms with E-state index in [9.17, 15) is 9.59 Å². The number of carbonyl (C=O) groups is 2. The molecule has 4 nitrogen and oxygen atoms in total. The van der Waals surface area contributed by atoms with Gasteiger partial charge in [-0.25, -0.2) is 9.59 Å². The lowest BCUT2D eigenvalue weighted by Gasteiger charge is -2.21. The summed E-state index contributed by atoms with van der Waals surface area (Å²) in [6.45, 7) is 8.30. The molecule has 4 heteroatoms. The maximum atomic E-state index is 12.1. The van der Waals surface area contributed by atoms with E-state index in [2.05, 4.69) is 6.92 Å². The average Bonchev–Trinajstić information content (AvgIpc) is 2.50. The molecule has 0 rings (SSSR count). The van der Waals surface area contributed by atoms with Gasteiger partial charge in [0.15, 0.2) is 0 Å². The summed E-state index contributed by atoms with van der Waals surface area (Å²) >= 11 is 0. The molecule has 0 radical (unpaired) electrons. The fraction of sp³-hybridized carbons (Fsp3) is 0.789. The monoisotopic (exact) mass is 326 g/mol. The predicted octanol–water partition coefficient (Wildman–Crippen LogP) is 4.82. The zero-order valence-electron chi connectivity index (χ0n) is 15.8. The van der Waals surface area contributed by atoms with Crippen LogP contribution in [-0.2, 0) is 19.1 Å². The zero-order chi connectivity index (χ0) is 17.9. The maximum Gasteiger partial charge on any atom is 0.334 e. The second-order valence-corrected chi connectivity index (χ2v) is 7.20. The van der Waals surface area contributed by atoms with E-state index < -0.39 is 11.9 Å². The number of hydrogen-bond acceptors (Lipinski definition) is 4. The van der Waals surface area contributed by atoms with Gasteiger partial charge in [-0.15, -0.1) is 0 Å². The largest absolute Gasteiger partial charge is 0.466 e. The molecule has 0 aliphatic rings. The van der Waals surface area contributed by atoms with Crippen molar-refractivity contribution in [3.8, 4) is 0 Å². The highest BCUT2D eigenvalue weighted by Crippen LogP contribution is 2.29. The molecule has 0 aromatic carbocycles. The van der Waals surface area contributed by atoms with E-state index in [1.165, 1.54) is 33.5 Å². The van der Waals surface area contributed by atoms with Gasteiger partial charge in [-0.05, 0) is 24.7 Å². The van der Waals surface area contributed by atoms with Crippen LogP contribution >= 0.6 is 0 Å². The normalized spacial score (nSPS) is 12.6. The van der Waals surface area contributed by atoms with Gasteiger partial charge in [0.25, 0.3) is 0 Å². The highest BCUT2D eigenvalue weighted by atomic mass is 16.5. The molecule has 0 aromatic heterocycles. The molecule has 0 saturated heterocycles. The molecule has 0 aliphatic carbocycles. The fourth-order valence-corrected chi connectivity index (χ4v) is 2.54. The van der Waals surface area contributed by atoms with Gasteiger partial charge in [-0.3, -0.25) is 0 Å². The number of rotatable bonds is 10. The van der Waals surface area contributed by atoms with Gasteiger partial charge >= 0.3 is 11.9 Å². The van der Waals surface area contributed by atoms with Crippen LogP contribution in [0, 0.1) is 5.41 Å². The first kappa shape index (κ1) is 21.7. The van der Waals surface area contributed by atoms with Gasteiger partial charge in [0.1, 0.15) is 0 Å². The van der Waals surface area contributed by atoms with Crippen molar-refractivity contribution in [3.05, 3.63) is 11.1 Å². The lowest BCUT2D eigenvalue weighted by Crippen LogP contribution is -2.19. The number of carbonyl (C=O) groups excluding carboxylic acids is 2. The van der Waals surface area contributed by atoms with Crippen LogP contribution in [0.15, 0.2) is 11.1 Å². The molecule has 134 valence electrons. The highest BCUT2D eigenvalue weighted by molar-refractivity contribution is 6.00. The van der Waals surface area contributed by atoms with E-state index in [0.717, 1.165) is 19.3 Å². The van der Waals surface area contributed by atoms with Crippen molar-refractivity contribution in [3.63, 3.8) is 0 Å². The van der Waals surface area contributed by atoms with E-state index in [0.29, 0.717) is 24.0 Å². The summed E-state index contributed by atoms with van der Waals surface area (Å²) in [5.74, 6) is -0.838. The molecular formula is C19H34O4. The minimum Gasteiger partial charge on any atom is -0.466 e. The van der Waals surface area contributed by atoms with Crippen LogP contribution in [0.1, 0.15) is 79.1 Å². The Hall–Kier alpha value is -1.32. The van der Waals surface area contributed by atoms with Crippen LogP contribution in [-0.4, -0.2) is 26.2 Å².